The van der Waals surface area contributed by atoms with Crippen molar-refractivity contribution in [3.8, 4) is 0 Å². The molecular formula is C28H32O3. The standard InChI is InChI=1S/C28H32O3/c29-27(30)22-14-3-1-2-4-15-23-31-28(24-16-8-5-9-17-24,25-18-10-6-11-19-25)26-20-12-7-13-21-26/h5-13,16-21H,1-4,14-15,22-23H2,(H,29,30). The Morgan fingerprint density at radius 3 is 1.42 bits per heavy atom. The Morgan fingerprint density at radius 1 is 0.613 bits per heavy atom. The van der Waals surface area contributed by atoms with Crippen molar-refractivity contribution in [3.05, 3.63) is 108 Å². The van der Waals surface area contributed by atoms with Crippen molar-refractivity contribution >= 4 is 5.97 Å². The van der Waals surface area contributed by atoms with Crippen molar-refractivity contribution < 1.29 is 14.6 Å². The SMILES string of the molecule is O=C(O)CCCCCCCCOC(c1ccccc1)(c1ccccc1)c1ccccc1. The number of aliphatic carboxylic acids is 1. The van der Waals surface area contributed by atoms with Crippen molar-refractivity contribution in [1.29, 1.82) is 0 Å². The summed E-state index contributed by atoms with van der Waals surface area (Å²) >= 11 is 0. The van der Waals surface area contributed by atoms with E-state index in [1.165, 1.54) is 0 Å². The van der Waals surface area contributed by atoms with Gasteiger partial charge in [-0.3, -0.25) is 4.79 Å². The van der Waals surface area contributed by atoms with Crippen LogP contribution < -0.4 is 0 Å². The summed E-state index contributed by atoms with van der Waals surface area (Å²) in [7, 11) is 0. The van der Waals surface area contributed by atoms with Gasteiger partial charge >= 0.3 is 5.97 Å². The van der Waals surface area contributed by atoms with E-state index in [1.54, 1.807) is 0 Å². The van der Waals surface area contributed by atoms with Crippen molar-refractivity contribution in [3.63, 3.8) is 0 Å². The predicted octanol–water partition coefficient (Wildman–Crippen LogP) is 6.81. The first-order valence-electron chi connectivity index (χ1n) is 11.3. The number of rotatable bonds is 13. The lowest BCUT2D eigenvalue weighted by molar-refractivity contribution is -0.137. The van der Waals surface area contributed by atoms with Crippen LogP contribution in [0.4, 0.5) is 0 Å². The van der Waals surface area contributed by atoms with Crippen LogP contribution in [-0.2, 0) is 15.1 Å². The monoisotopic (exact) mass is 416 g/mol. The summed E-state index contributed by atoms with van der Waals surface area (Å²) in [4.78, 5) is 10.6. The van der Waals surface area contributed by atoms with Crippen molar-refractivity contribution in [2.75, 3.05) is 6.61 Å². The van der Waals surface area contributed by atoms with Gasteiger partial charge in [-0.15, -0.1) is 0 Å². The third-order valence-electron chi connectivity index (χ3n) is 5.64. The Labute approximate surface area is 185 Å². The third kappa shape index (κ3) is 6.28. The van der Waals surface area contributed by atoms with E-state index >= 15 is 0 Å². The molecule has 0 aliphatic carbocycles. The Bertz CT molecular complexity index is 795. The summed E-state index contributed by atoms with van der Waals surface area (Å²) in [6.07, 6.45) is 6.28. The minimum atomic E-state index is -0.701. The van der Waals surface area contributed by atoms with Crippen LogP contribution in [0.5, 0.6) is 0 Å². The quantitative estimate of drug-likeness (QED) is 0.246. The van der Waals surface area contributed by atoms with E-state index < -0.39 is 11.6 Å². The van der Waals surface area contributed by atoms with Gasteiger partial charge in [-0.25, -0.2) is 0 Å². The van der Waals surface area contributed by atoms with Gasteiger partial charge in [-0.05, 0) is 29.5 Å². The molecule has 31 heavy (non-hydrogen) atoms. The Balaban J connectivity index is 1.72. The molecule has 162 valence electrons. The second-order valence-electron chi connectivity index (χ2n) is 7.89. The summed E-state index contributed by atoms with van der Waals surface area (Å²) in [5, 5.41) is 8.73. The molecule has 1 N–H and O–H groups in total. The Morgan fingerprint density at radius 2 is 1.00 bits per heavy atom. The highest BCUT2D eigenvalue weighted by Crippen LogP contribution is 2.40. The number of carbonyl (C=O) groups is 1. The zero-order valence-corrected chi connectivity index (χ0v) is 18.1. The first-order valence-corrected chi connectivity index (χ1v) is 11.3. The number of ether oxygens (including phenoxy) is 1. The largest absolute Gasteiger partial charge is 0.481 e. The van der Waals surface area contributed by atoms with Crippen LogP contribution in [0.25, 0.3) is 0 Å². The van der Waals surface area contributed by atoms with Crippen LogP contribution in [-0.4, -0.2) is 17.7 Å². The molecule has 3 nitrogen and oxygen atoms in total. The highest BCUT2D eigenvalue weighted by Gasteiger charge is 2.37. The summed E-state index contributed by atoms with van der Waals surface area (Å²) in [5.41, 5.74) is 2.73. The van der Waals surface area contributed by atoms with Gasteiger partial charge in [0.25, 0.3) is 0 Å². The average molecular weight is 417 g/mol. The summed E-state index contributed by atoms with van der Waals surface area (Å²) in [6, 6.07) is 31.4. The van der Waals surface area contributed by atoms with Crippen LogP contribution in [0.3, 0.4) is 0 Å². The molecule has 0 aliphatic heterocycles. The summed E-state index contributed by atoms with van der Waals surface area (Å²) < 4.78 is 6.77. The predicted molar refractivity (Wildman–Crippen MR) is 125 cm³/mol. The zero-order valence-electron chi connectivity index (χ0n) is 18.1. The second kappa shape index (κ2) is 12.1. The molecule has 0 radical (unpaired) electrons. The molecule has 0 spiro atoms. The molecular weight excluding hydrogens is 384 g/mol. The van der Waals surface area contributed by atoms with Gasteiger partial charge in [0.2, 0.25) is 0 Å². The van der Waals surface area contributed by atoms with Gasteiger partial charge in [0.1, 0.15) is 5.60 Å². The van der Waals surface area contributed by atoms with Crippen molar-refractivity contribution in [1.82, 2.24) is 0 Å². The fourth-order valence-corrected chi connectivity index (χ4v) is 4.08. The van der Waals surface area contributed by atoms with Crippen molar-refractivity contribution in [2.45, 2.75) is 50.5 Å². The fourth-order valence-electron chi connectivity index (χ4n) is 4.08. The lowest BCUT2D eigenvalue weighted by atomic mass is 9.80. The normalized spacial score (nSPS) is 11.4. The first kappa shape index (κ1) is 22.8. The number of benzene rings is 3. The maximum absolute atomic E-state index is 10.6. The van der Waals surface area contributed by atoms with E-state index in [0.717, 1.165) is 55.2 Å². The van der Waals surface area contributed by atoms with E-state index in [1.807, 2.05) is 18.2 Å². The van der Waals surface area contributed by atoms with E-state index in [2.05, 4.69) is 72.8 Å². The summed E-state index contributed by atoms with van der Waals surface area (Å²) in [5.74, 6) is -0.701. The molecule has 3 rings (SSSR count). The molecule has 0 amide bonds. The Hall–Kier alpha value is -2.91. The molecule has 0 atom stereocenters. The molecule has 3 heteroatoms. The van der Waals surface area contributed by atoms with Crippen LogP contribution in [0.1, 0.15) is 61.6 Å². The maximum atomic E-state index is 10.6. The average Bonchev–Trinajstić information content (AvgIpc) is 2.82. The number of hydrogen-bond donors (Lipinski definition) is 1. The number of carboxylic acids is 1. The van der Waals surface area contributed by atoms with E-state index in [-0.39, 0.29) is 6.42 Å². The van der Waals surface area contributed by atoms with Crippen LogP contribution in [0.2, 0.25) is 0 Å². The number of carboxylic acid groups (broad SMARTS) is 1. The molecule has 0 bridgehead atoms. The third-order valence-corrected chi connectivity index (χ3v) is 5.64. The van der Waals surface area contributed by atoms with Gasteiger partial charge in [0.15, 0.2) is 0 Å². The van der Waals surface area contributed by atoms with Gasteiger partial charge in [0.05, 0.1) is 0 Å². The highest BCUT2D eigenvalue weighted by atomic mass is 16.5. The maximum Gasteiger partial charge on any atom is 0.303 e. The van der Waals surface area contributed by atoms with Crippen LogP contribution in [0.15, 0.2) is 91.0 Å². The van der Waals surface area contributed by atoms with Crippen LogP contribution in [0, 0.1) is 0 Å². The number of hydrogen-bond acceptors (Lipinski definition) is 2. The molecule has 0 aliphatic rings. The molecule has 3 aromatic rings. The lowest BCUT2D eigenvalue weighted by Gasteiger charge is -2.36. The van der Waals surface area contributed by atoms with Gasteiger partial charge in [-0.2, -0.15) is 0 Å². The zero-order chi connectivity index (χ0) is 21.8. The van der Waals surface area contributed by atoms with Gasteiger partial charge in [-0.1, -0.05) is 117 Å². The van der Waals surface area contributed by atoms with Crippen LogP contribution >= 0.6 is 0 Å². The van der Waals surface area contributed by atoms with Gasteiger partial charge in [0, 0.05) is 13.0 Å². The Kier molecular flexibility index (Phi) is 8.86. The molecule has 0 fully saturated rings. The summed E-state index contributed by atoms with van der Waals surface area (Å²) in [6.45, 7) is 0.661. The molecule has 0 aromatic heterocycles. The van der Waals surface area contributed by atoms with E-state index in [0.29, 0.717) is 6.61 Å². The van der Waals surface area contributed by atoms with E-state index in [4.69, 9.17) is 9.84 Å². The highest BCUT2D eigenvalue weighted by molar-refractivity contribution is 5.66. The first-order chi connectivity index (χ1) is 15.2. The number of unbranched alkanes of at least 4 members (excludes halogenated alkanes) is 5. The lowest BCUT2D eigenvalue weighted by Crippen LogP contribution is -2.33. The topological polar surface area (TPSA) is 46.5 Å². The molecule has 0 saturated heterocycles. The molecule has 0 unspecified atom stereocenters. The fraction of sp³-hybridized carbons (Fsp3) is 0.321. The van der Waals surface area contributed by atoms with Gasteiger partial charge < -0.3 is 9.84 Å². The minimum Gasteiger partial charge on any atom is -0.481 e. The molecule has 3 aromatic carbocycles. The second-order valence-corrected chi connectivity index (χ2v) is 7.89. The smallest absolute Gasteiger partial charge is 0.303 e. The molecule has 0 heterocycles. The molecule has 0 saturated carbocycles. The van der Waals surface area contributed by atoms with Crippen molar-refractivity contribution in [2.24, 2.45) is 0 Å². The minimum absolute atomic E-state index is 0.275. The van der Waals surface area contributed by atoms with E-state index in [9.17, 15) is 4.79 Å².